The molecule has 25 heavy (non-hydrogen) atoms. The van der Waals surface area contributed by atoms with Crippen molar-refractivity contribution >= 4 is 15.8 Å². The van der Waals surface area contributed by atoms with Crippen molar-refractivity contribution < 1.29 is 12.8 Å². The van der Waals surface area contributed by atoms with E-state index in [-0.39, 0.29) is 17.2 Å². The van der Waals surface area contributed by atoms with Crippen LogP contribution in [0.25, 0.3) is 0 Å². The zero-order valence-electron chi connectivity index (χ0n) is 15.2. The standard InChI is InChI=1S/C18H28FN3O2S/c1-18(2)10-8-14(9-11-18)22-17(20-3)21-12-13-25(23,24)16-7-5-4-6-15(16)19/h4-7,14H,8-13H2,1-3H3,(H2,20,21,22). The molecule has 0 atom stereocenters. The predicted molar refractivity (Wildman–Crippen MR) is 99.0 cm³/mol. The van der Waals surface area contributed by atoms with Crippen molar-refractivity contribution in [1.29, 1.82) is 0 Å². The van der Waals surface area contributed by atoms with Gasteiger partial charge in [-0.25, -0.2) is 12.8 Å². The molecule has 0 aliphatic heterocycles. The molecule has 1 aliphatic rings. The molecule has 0 unspecified atom stereocenters. The summed E-state index contributed by atoms with van der Waals surface area (Å²) in [5.74, 6) is -0.310. The zero-order chi connectivity index (χ0) is 18.5. The molecule has 0 heterocycles. The van der Waals surface area contributed by atoms with E-state index in [4.69, 9.17) is 0 Å². The lowest BCUT2D eigenvalue weighted by molar-refractivity contribution is 0.216. The molecule has 5 nitrogen and oxygen atoms in total. The first-order valence-corrected chi connectivity index (χ1v) is 10.3. The van der Waals surface area contributed by atoms with Crippen LogP contribution in [0.5, 0.6) is 0 Å². The number of nitrogens with one attached hydrogen (secondary N) is 2. The van der Waals surface area contributed by atoms with Gasteiger partial charge in [0.2, 0.25) is 0 Å². The van der Waals surface area contributed by atoms with E-state index >= 15 is 0 Å². The van der Waals surface area contributed by atoms with Crippen LogP contribution in [0.3, 0.4) is 0 Å². The number of guanidine groups is 1. The normalized spacial score (nSPS) is 18.8. The van der Waals surface area contributed by atoms with Crippen molar-refractivity contribution in [3.63, 3.8) is 0 Å². The molecule has 1 aliphatic carbocycles. The molecular weight excluding hydrogens is 341 g/mol. The molecule has 0 radical (unpaired) electrons. The van der Waals surface area contributed by atoms with Crippen molar-refractivity contribution in [2.75, 3.05) is 19.3 Å². The van der Waals surface area contributed by atoms with Gasteiger partial charge in [0.05, 0.1) is 5.75 Å². The lowest BCUT2D eigenvalue weighted by Gasteiger charge is -2.35. The third kappa shape index (κ3) is 5.70. The maximum absolute atomic E-state index is 13.7. The largest absolute Gasteiger partial charge is 0.355 e. The summed E-state index contributed by atoms with van der Waals surface area (Å²) in [6.07, 6.45) is 4.45. The van der Waals surface area contributed by atoms with Gasteiger partial charge >= 0.3 is 0 Å². The highest BCUT2D eigenvalue weighted by Crippen LogP contribution is 2.34. The van der Waals surface area contributed by atoms with Crippen molar-refractivity contribution in [1.82, 2.24) is 10.6 Å². The maximum Gasteiger partial charge on any atom is 0.191 e. The Morgan fingerprint density at radius 3 is 2.52 bits per heavy atom. The lowest BCUT2D eigenvalue weighted by Crippen LogP contribution is -2.46. The summed E-state index contributed by atoms with van der Waals surface area (Å²) in [5.41, 5.74) is 0.392. The van der Waals surface area contributed by atoms with E-state index in [0.717, 1.165) is 31.7 Å². The number of hydrogen-bond donors (Lipinski definition) is 2. The van der Waals surface area contributed by atoms with Crippen molar-refractivity contribution in [2.24, 2.45) is 10.4 Å². The van der Waals surface area contributed by atoms with E-state index in [1.165, 1.54) is 18.2 Å². The summed E-state index contributed by atoms with van der Waals surface area (Å²) in [6.45, 7) is 4.74. The third-order valence-electron chi connectivity index (χ3n) is 4.74. The average molecular weight is 370 g/mol. The molecule has 1 aromatic rings. The fourth-order valence-corrected chi connectivity index (χ4v) is 4.28. The number of nitrogens with zero attached hydrogens (tertiary/aromatic N) is 1. The van der Waals surface area contributed by atoms with Gasteiger partial charge in [-0.2, -0.15) is 0 Å². The van der Waals surface area contributed by atoms with Crippen molar-refractivity contribution in [3.8, 4) is 0 Å². The number of halogens is 1. The summed E-state index contributed by atoms with van der Waals surface area (Å²) in [5, 5.41) is 6.37. The average Bonchev–Trinajstić information content (AvgIpc) is 2.55. The number of rotatable bonds is 5. The van der Waals surface area contributed by atoms with Gasteiger partial charge in [-0.05, 0) is 43.2 Å². The topological polar surface area (TPSA) is 70.6 Å². The van der Waals surface area contributed by atoms with Gasteiger partial charge in [-0.1, -0.05) is 26.0 Å². The van der Waals surface area contributed by atoms with Crippen LogP contribution in [0.1, 0.15) is 39.5 Å². The molecule has 0 bridgehead atoms. The van der Waals surface area contributed by atoms with Crippen LogP contribution in [-0.4, -0.2) is 39.8 Å². The highest BCUT2D eigenvalue weighted by molar-refractivity contribution is 7.91. The summed E-state index contributed by atoms with van der Waals surface area (Å²) in [6, 6.07) is 5.80. The smallest absolute Gasteiger partial charge is 0.191 e. The lowest BCUT2D eigenvalue weighted by atomic mass is 9.75. The molecule has 2 N–H and O–H groups in total. The fourth-order valence-electron chi connectivity index (χ4n) is 3.04. The first-order chi connectivity index (χ1) is 11.7. The van der Waals surface area contributed by atoms with E-state index in [1.54, 1.807) is 7.05 Å². The molecule has 2 rings (SSSR count). The van der Waals surface area contributed by atoms with Crippen molar-refractivity contribution in [3.05, 3.63) is 30.1 Å². The first kappa shape index (κ1) is 19.7. The van der Waals surface area contributed by atoms with Crippen LogP contribution in [0.2, 0.25) is 0 Å². The molecule has 0 saturated heterocycles. The molecule has 1 saturated carbocycles. The van der Waals surface area contributed by atoms with E-state index < -0.39 is 15.7 Å². The second kappa shape index (κ2) is 8.17. The van der Waals surface area contributed by atoms with Crippen LogP contribution in [0, 0.1) is 11.2 Å². The van der Waals surface area contributed by atoms with Gasteiger partial charge < -0.3 is 10.6 Å². The zero-order valence-corrected chi connectivity index (χ0v) is 16.0. The third-order valence-corrected chi connectivity index (χ3v) is 6.48. The molecule has 0 spiro atoms. The van der Waals surface area contributed by atoms with Gasteiger partial charge in [0, 0.05) is 19.6 Å². The summed E-state index contributed by atoms with van der Waals surface area (Å²) >= 11 is 0. The maximum atomic E-state index is 13.7. The molecule has 140 valence electrons. The SMILES string of the molecule is CN=C(NCCS(=O)(=O)c1ccccc1F)NC1CCC(C)(C)CC1. The number of aliphatic imine (C=N–C) groups is 1. The number of sulfone groups is 1. The predicted octanol–water partition coefficient (Wildman–Crippen LogP) is 2.73. The quantitative estimate of drug-likeness (QED) is 0.618. The Kier molecular flexibility index (Phi) is 6.43. The van der Waals surface area contributed by atoms with Gasteiger partial charge in [-0.15, -0.1) is 0 Å². The van der Waals surface area contributed by atoms with Crippen LogP contribution in [0.4, 0.5) is 4.39 Å². The Labute approximate surface area is 150 Å². The fraction of sp³-hybridized carbons (Fsp3) is 0.611. The number of hydrogen-bond acceptors (Lipinski definition) is 3. The molecule has 1 aromatic carbocycles. The van der Waals surface area contributed by atoms with Crippen molar-refractivity contribution in [2.45, 2.75) is 50.5 Å². The van der Waals surface area contributed by atoms with Gasteiger partial charge in [0.25, 0.3) is 0 Å². The Hall–Kier alpha value is -1.63. The second-order valence-corrected chi connectivity index (χ2v) is 9.41. The minimum Gasteiger partial charge on any atom is -0.355 e. The molecular formula is C18H28FN3O2S. The van der Waals surface area contributed by atoms with E-state index in [1.807, 2.05) is 0 Å². The highest BCUT2D eigenvalue weighted by Gasteiger charge is 2.27. The number of benzene rings is 1. The van der Waals surface area contributed by atoms with E-state index in [0.29, 0.717) is 17.4 Å². The Morgan fingerprint density at radius 1 is 1.28 bits per heavy atom. The van der Waals surface area contributed by atoms with Crippen LogP contribution >= 0.6 is 0 Å². The summed E-state index contributed by atoms with van der Waals surface area (Å²) in [7, 11) is -2.00. The van der Waals surface area contributed by atoms with Crippen LogP contribution in [0.15, 0.2) is 34.2 Å². The highest BCUT2D eigenvalue weighted by atomic mass is 32.2. The molecule has 0 aromatic heterocycles. The van der Waals surface area contributed by atoms with Gasteiger partial charge in [0.15, 0.2) is 15.8 Å². The first-order valence-electron chi connectivity index (χ1n) is 8.68. The molecule has 0 amide bonds. The van der Waals surface area contributed by atoms with Gasteiger partial charge in [-0.3, -0.25) is 4.99 Å². The minimum atomic E-state index is -3.66. The van der Waals surface area contributed by atoms with E-state index in [9.17, 15) is 12.8 Å². The minimum absolute atomic E-state index is 0.175. The van der Waals surface area contributed by atoms with Crippen LogP contribution < -0.4 is 10.6 Å². The summed E-state index contributed by atoms with van der Waals surface area (Å²) < 4.78 is 38.2. The second-order valence-electron chi connectivity index (χ2n) is 7.33. The van der Waals surface area contributed by atoms with E-state index in [2.05, 4.69) is 29.5 Å². The monoisotopic (exact) mass is 369 g/mol. The Balaban J connectivity index is 1.84. The Morgan fingerprint density at radius 2 is 1.92 bits per heavy atom. The van der Waals surface area contributed by atoms with Gasteiger partial charge in [0.1, 0.15) is 10.7 Å². The molecule has 1 fully saturated rings. The summed E-state index contributed by atoms with van der Waals surface area (Å²) in [4.78, 5) is 3.90. The Bertz CT molecular complexity index is 707. The molecule has 7 heteroatoms. The van der Waals surface area contributed by atoms with Crippen LogP contribution in [-0.2, 0) is 9.84 Å².